The maximum absolute atomic E-state index is 13.4. The highest BCUT2D eigenvalue weighted by molar-refractivity contribution is 9.10. The summed E-state index contributed by atoms with van der Waals surface area (Å²) < 4.78 is 0.864. The number of rotatable bonds is 7. The lowest BCUT2D eigenvalue weighted by atomic mass is 9.94. The van der Waals surface area contributed by atoms with Gasteiger partial charge in [0.05, 0.1) is 0 Å². The van der Waals surface area contributed by atoms with Gasteiger partial charge in [0.1, 0.15) is 11.9 Å². The van der Waals surface area contributed by atoms with Gasteiger partial charge in [-0.25, -0.2) is 0 Å². The van der Waals surface area contributed by atoms with Crippen molar-refractivity contribution in [3.05, 3.63) is 70.2 Å². The maximum atomic E-state index is 13.4. The number of amides is 2. The molecule has 0 bridgehead atoms. The Labute approximate surface area is 185 Å². The summed E-state index contributed by atoms with van der Waals surface area (Å²) >= 11 is 9.43. The molecule has 6 heteroatoms. The third-order valence-electron chi connectivity index (χ3n) is 5.31. The molecular formula is C23H26BrClN2O2. The van der Waals surface area contributed by atoms with Crippen LogP contribution in [0.1, 0.15) is 49.3 Å². The van der Waals surface area contributed by atoms with E-state index in [1.54, 1.807) is 4.90 Å². The molecule has 29 heavy (non-hydrogen) atoms. The average Bonchev–Trinajstić information content (AvgIpc) is 2.74. The molecule has 2 amide bonds. The molecular weight excluding hydrogens is 452 g/mol. The third-order valence-corrected chi connectivity index (χ3v) is 6.03. The molecule has 154 valence electrons. The standard InChI is InChI=1S/C23H26BrClN2O2/c24-19-11-7-10-18(14-19)22(23(29)26-20-12-5-2-6-13-20)27(21(28)15-25)16-17-8-3-1-4-9-17/h1,3-4,7-11,14,20,22H,2,5-6,12-13,15-16H2,(H,26,29). The molecule has 1 aliphatic carbocycles. The van der Waals surface area contributed by atoms with Crippen LogP contribution < -0.4 is 5.32 Å². The Hall–Kier alpha value is -1.85. The summed E-state index contributed by atoms with van der Waals surface area (Å²) in [5.74, 6) is -0.586. The van der Waals surface area contributed by atoms with Gasteiger partial charge in [-0.15, -0.1) is 11.6 Å². The van der Waals surface area contributed by atoms with Crippen LogP contribution in [0.4, 0.5) is 0 Å². The second kappa shape index (κ2) is 10.8. The number of hydrogen-bond donors (Lipinski definition) is 1. The molecule has 0 aliphatic heterocycles. The first-order valence-electron chi connectivity index (χ1n) is 10.0. The summed E-state index contributed by atoms with van der Waals surface area (Å²) in [6, 6.07) is 16.7. The van der Waals surface area contributed by atoms with Crippen LogP contribution in [0, 0.1) is 0 Å². The Kier molecular flexibility index (Phi) is 8.13. The van der Waals surface area contributed by atoms with E-state index in [9.17, 15) is 9.59 Å². The summed E-state index contributed by atoms with van der Waals surface area (Å²) in [5.41, 5.74) is 1.72. The van der Waals surface area contributed by atoms with Crippen LogP contribution in [0.15, 0.2) is 59.1 Å². The highest BCUT2D eigenvalue weighted by Crippen LogP contribution is 2.27. The normalized spacial score (nSPS) is 15.5. The first-order chi connectivity index (χ1) is 14.1. The summed E-state index contributed by atoms with van der Waals surface area (Å²) in [7, 11) is 0. The van der Waals surface area contributed by atoms with Gasteiger partial charge < -0.3 is 10.2 Å². The molecule has 0 aromatic heterocycles. The number of alkyl halides is 1. The van der Waals surface area contributed by atoms with Gasteiger partial charge in [0, 0.05) is 17.1 Å². The van der Waals surface area contributed by atoms with E-state index in [0.29, 0.717) is 6.54 Å². The minimum atomic E-state index is -0.735. The zero-order valence-electron chi connectivity index (χ0n) is 16.3. The largest absolute Gasteiger partial charge is 0.351 e. The fourth-order valence-corrected chi connectivity index (χ4v) is 4.43. The van der Waals surface area contributed by atoms with E-state index in [-0.39, 0.29) is 23.7 Å². The van der Waals surface area contributed by atoms with E-state index in [1.807, 2.05) is 54.6 Å². The second-order valence-electron chi connectivity index (χ2n) is 7.44. The topological polar surface area (TPSA) is 49.4 Å². The van der Waals surface area contributed by atoms with Crippen molar-refractivity contribution in [3.63, 3.8) is 0 Å². The Morgan fingerprint density at radius 2 is 1.79 bits per heavy atom. The van der Waals surface area contributed by atoms with Crippen LogP contribution in [0.2, 0.25) is 0 Å². The first kappa shape index (κ1) is 21.8. The smallest absolute Gasteiger partial charge is 0.247 e. The molecule has 0 saturated heterocycles. The zero-order valence-corrected chi connectivity index (χ0v) is 18.7. The van der Waals surface area contributed by atoms with Gasteiger partial charge in [-0.2, -0.15) is 0 Å². The second-order valence-corrected chi connectivity index (χ2v) is 8.62. The number of hydrogen-bond acceptors (Lipinski definition) is 2. The minimum absolute atomic E-state index is 0.149. The van der Waals surface area contributed by atoms with E-state index >= 15 is 0 Å². The molecule has 1 unspecified atom stereocenters. The quantitative estimate of drug-likeness (QED) is 0.557. The Bertz CT molecular complexity index is 825. The number of halogens is 2. The Morgan fingerprint density at radius 3 is 2.45 bits per heavy atom. The summed E-state index contributed by atoms with van der Waals surface area (Å²) in [6.07, 6.45) is 5.44. The molecule has 4 nitrogen and oxygen atoms in total. The fraction of sp³-hybridized carbons (Fsp3) is 0.391. The number of carbonyl (C=O) groups is 2. The molecule has 2 aromatic carbocycles. The molecule has 0 spiro atoms. The van der Waals surface area contributed by atoms with Gasteiger partial charge >= 0.3 is 0 Å². The molecule has 3 rings (SSSR count). The molecule has 1 aliphatic rings. The van der Waals surface area contributed by atoms with Gasteiger partial charge in [0.25, 0.3) is 0 Å². The van der Waals surface area contributed by atoms with Gasteiger partial charge in [-0.1, -0.05) is 77.7 Å². The molecule has 1 N–H and O–H groups in total. The van der Waals surface area contributed by atoms with Crippen molar-refractivity contribution >= 4 is 39.3 Å². The van der Waals surface area contributed by atoms with Gasteiger partial charge in [0.15, 0.2) is 0 Å². The maximum Gasteiger partial charge on any atom is 0.247 e. The summed E-state index contributed by atoms with van der Waals surface area (Å²) in [6.45, 7) is 0.321. The van der Waals surface area contributed by atoms with Gasteiger partial charge in [-0.05, 0) is 36.1 Å². The van der Waals surface area contributed by atoms with Gasteiger partial charge in [0.2, 0.25) is 11.8 Å². The number of benzene rings is 2. The Morgan fingerprint density at radius 1 is 1.07 bits per heavy atom. The van der Waals surface area contributed by atoms with E-state index in [1.165, 1.54) is 6.42 Å². The monoisotopic (exact) mass is 476 g/mol. The number of nitrogens with one attached hydrogen (secondary N) is 1. The number of carbonyl (C=O) groups excluding carboxylic acids is 2. The molecule has 1 fully saturated rings. The first-order valence-corrected chi connectivity index (χ1v) is 11.4. The molecule has 2 aromatic rings. The van der Waals surface area contributed by atoms with Crippen molar-refractivity contribution in [1.29, 1.82) is 0 Å². The lowest BCUT2D eigenvalue weighted by Crippen LogP contribution is -2.47. The van der Waals surface area contributed by atoms with Crippen LogP contribution in [-0.2, 0) is 16.1 Å². The van der Waals surface area contributed by atoms with Crippen molar-refractivity contribution in [1.82, 2.24) is 10.2 Å². The van der Waals surface area contributed by atoms with E-state index < -0.39 is 6.04 Å². The van der Waals surface area contributed by atoms with E-state index in [2.05, 4.69) is 21.2 Å². The third kappa shape index (κ3) is 6.06. The minimum Gasteiger partial charge on any atom is -0.351 e. The lowest BCUT2D eigenvalue weighted by Gasteiger charge is -2.33. The van der Waals surface area contributed by atoms with Crippen LogP contribution >= 0.6 is 27.5 Å². The predicted octanol–water partition coefficient (Wildman–Crippen LogP) is 5.21. The SMILES string of the molecule is O=C(NC1CCCCC1)C(c1cccc(Br)c1)N(Cc1ccccc1)C(=O)CCl. The van der Waals surface area contributed by atoms with Crippen LogP contribution in [0.25, 0.3) is 0 Å². The summed E-state index contributed by atoms with van der Waals surface area (Å²) in [5, 5.41) is 3.19. The number of nitrogens with zero attached hydrogens (tertiary/aromatic N) is 1. The molecule has 1 atom stereocenters. The summed E-state index contributed by atoms with van der Waals surface area (Å²) in [4.78, 5) is 27.8. The van der Waals surface area contributed by atoms with Crippen LogP contribution in [0.3, 0.4) is 0 Å². The van der Waals surface area contributed by atoms with Crippen molar-refractivity contribution in [2.75, 3.05) is 5.88 Å². The van der Waals surface area contributed by atoms with Crippen molar-refractivity contribution < 1.29 is 9.59 Å². The lowest BCUT2D eigenvalue weighted by molar-refractivity contribution is -0.140. The fourth-order valence-electron chi connectivity index (χ4n) is 3.86. The average molecular weight is 478 g/mol. The molecule has 0 radical (unpaired) electrons. The Balaban J connectivity index is 1.93. The van der Waals surface area contributed by atoms with E-state index in [4.69, 9.17) is 11.6 Å². The van der Waals surface area contributed by atoms with Crippen LogP contribution in [0.5, 0.6) is 0 Å². The van der Waals surface area contributed by atoms with Crippen molar-refractivity contribution in [2.45, 2.75) is 50.7 Å². The van der Waals surface area contributed by atoms with Crippen molar-refractivity contribution in [3.8, 4) is 0 Å². The highest BCUT2D eigenvalue weighted by Gasteiger charge is 2.32. The van der Waals surface area contributed by atoms with Gasteiger partial charge in [-0.3, -0.25) is 9.59 Å². The predicted molar refractivity (Wildman–Crippen MR) is 120 cm³/mol. The van der Waals surface area contributed by atoms with Crippen LogP contribution in [-0.4, -0.2) is 28.6 Å². The zero-order chi connectivity index (χ0) is 20.6. The van der Waals surface area contributed by atoms with E-state index in [0.717, 1.165) is 41.3 Å². The van der Waals surface area contributed by atoms with Crippen molar-refractivity contribution in [2.24, 2.45) is 0 Å². The molecule has 0 heterocycles. The highest BCUT2D eigenvalue weighted by atomic mass is 79.9. The molecule has 1 saturated carbocycles.